The molecule has 6 heteroatoms. The topological polar surface area (TPSA) is 48.7 Å². The molecule has 5 nitrogen and oxygen atoms in total. The van der Waals surface area contributed by atoms with Crippen molar-refractivity contribution in [3.8, 4) is 0 Å². The summed E-state index contributed by atoms with van der Waals surface area (Å²) in [6, 6.07) is 18.0. The molecule has 0 saturated carbocycles. The van der Waals surface area contributed by atoms with Crippen molar-refractivity contribution in [2.75, 3.05) is 20.6 Å². The number of amides is 2. The highest BCUT2D eigenvalue weighted by atomic mass is 32.1. The van der Waals surface area contributed by atoms with Crippen LogP contribution in [0.2, 0.25) is 0 Å². The van der Waals surface area contributed by atoms with E-state index in [9.17, 15) is 4.79 Å². The SMILES string of the molecule is CN(C)C(CNC(=O)N(Cc1ccco1)Cc1cccs1)c1ccccc1. The predicted molar refractivity (Wildman–Crippen MR) is 109 cm³/mol. The molecule has 0 bridgehead atoms. The predicted octanol–water partition coefficient (Wildman–Crippen LogP) is 4.36. The van der Waals surface area contributed by atoms with E-state index < -0.39 is 0 Å². The van der Waals surface area contributed by atoms with Gasteiger partial charge in [0.15, 0.2) is 0 Å². The molecule has 3 aromatic rings. The summed E-state index contributed by atoms with van der Waals surface area (Å²) in [6.07, 6.45) is 1.63. The number of furan rings is 1. The standard InChI is InChI=1S/C21H25N3O2S/c1-23(2)20(17-8-4-3-5-9-17)14-22-21(25)24(15-18-10-6-12-26-18)16-19-11-7-13-27-19/h3-13,20H,14-16H2,1-2H3,(H,22,25). The van der Waals surface area contributed by atoms with Gasteiger partial charge in [0.05, 0.1) is 25.4 Å². The lowest BCUT2D eigenvalue weighted by atomic mass is 10.1. The van der Waals surface area contributed by atoms with Crippen LogP contribution in [0.15, 0.2) is 70.7 Å². The van der Waals surface area contributed by atoms with Crippen molar-refractivity contribution in [3.63, 3.8) is 0 Å². The van der Waals surface area contributed by atoms with Gasteiger partial charge in [-0.25, -0.2) is 4.79 Å². The number of nitrogens with zero attached hydrogens (tertiary/aromatic N) is 2. The molecule has 2 heterocycles. The molecule has 1 unspecified atom stereocenters. The first-order valence-corrected chi connectivity index (χ1v) is 9.80. The largest absolute Gasteiger partial charge is 0.467 e. The number of rotatable bonds is 8. The molecule has 0 aliphatic carbocycles. The average molecular weight is 384 g/mol. The average Bonchev–Trinajstić information content (AvgIpc) is 3.36. The van der Waals surface area contributed by atoms with Gasteiger partial charge in [0.25, 0.3) is 0 Å². The van der Waals surface area contributed by atoms with Gasteiger partial charge in [-0.05, 0) is 43.2 Å². The van der Waals surface area contributed by atoms with Gasteiger partial charge in [-0.1, -0.05) is 36.4 Å². The van der Waals surface area contributed by atoms with Crippen LogP contribution in [0.1, 0.15) is 22.2 Å². The van der Waals surface area contributed by atoms with Crippen molar-refractivity contribution < 1.29 is 9.21 Å². The number of carbonyl (C=O) groups excluding carboxylic acids is 1. The van der Waals surface area contributed by atoms with Crippen LogP contribution in [0.4, 0.5) is 4.79 Å². The van der Waals surface area contributed by atoms with Gasteiger partial charge in [0.1, 0.15) is 5.76 Å². The summed E-state index contributed by atoms with van der Waals surface area (Å²) in [5.74, 6) is 0.772. The fourth-order valence-corrected chi connectivity index (χ4v) is 3.67. The Balaban J connectivity index is 1.67. The zero-order valence-corrected chi connectivity index (χ0v) is 16.5. The molecule has 0 fully saturated rings. The number of thiophene rings is 1. The summed E-state index contributed by atoms with van der Waals surface area (Å²) in [4.78, 5) is 18.0. The van der Waals surface area contributed by atoms with Crippen LogP contribution in [-0.2, 0) is 13.1 Å². The number of benzene rings is 1. The minimum atomic E-state index is -0.0948. The zero-order valence-electron chi connectivity index (χ0n) is 15.7. The second-order valence-electron chi connectivity index (χ2n) is 6.59. The van der Waals surface area contributed by atoms with Crippen molar-refractivity contribution in [1.82, 2.24) is 15.1 Å². The van der Waals surface area contributed by atoms with Gasteiger partial charge in [-0.2, -0.15) is 0 Å². The lowest BCUT2D eigenvalue weighted by Gasteiger charge is -2.27. The summed E-state index contributed by atoms with van der Waals surface area (Å²) in [5, 5.41) is 5.12. The van der Waals surface area contributed by atoms with Crippen molar-refractivity contribution in [3.05, 3.63) is 82.4 Å². The molecular weight excluding hydrogens is 358 g/mol. The third-order valence-corrected chi connectivity index (χ3v) is 5.26. The fourth-order valence-electron chi connectivity index (χ4n) is 2.95. The number of carbonyl (C=O) groups is 1. The van der Waals surface area contributed by atoms with Crippen molar-refractivity contribution in [2.45, 2.75) is 19.1 Å². The highest BCUT2D eigenvalue weighted by Crippen LogP contribution is 2.18. The summed E-state index contributed by atoms with van der Waals surface area (Å²) in [6.45, 7) is 1.53. The van der Waals surface area contributed by atoms with E-state index in [2.05, 4.69) is 22.3 Å². The molecule has 27 heavy (non-hydrogen) atoms. The zero-order chi connectivity index (χ0) is 19.1. The molecular formula is C21H25N3O2S. The van der Waals surface area contributed by atoms with E-state index in [4.69, 9.17) is 4.42 Å². The molecule has 0 radical (unpaired) electrons. The first kappa shape index (κ1) is 19.2. The van der Waals surface area contributed by atoms with Crippen LogP contribution in [0.5, 0.6) is 0 Å². The second-order valence-corrected chi connectivity index (χ2v) is 7.62. The molecule has 0 aliphatic heterocycles. The first-order valence-electron chi connectivity index (χ1n) is 8.92. The van der Waals surface area contributed by atoms with Gasteiger partial charge in [0.2, 0.25) is 0 Å². The van der Waals surface area contributed by atoms with Gasteiger partial charge >= 0.3 is 6.03 Å². The Hall–Kier alpha value is -2.57. The van der Waals surface area contributed by atoms with E-state index >= 15 is 0 Å². The third kappa shape index (κ3) is 5.45. The maximum Gasteiger partial charge on any atom is 0.318 e. The molecule has 1 N–H and O–H groups in total. The monoisotopic (exact) mass is 383 g/mol. The Bertz CT molecular complexity index is 765. The molecule has 3 rings (SSSR count). The van der Waals surface area contributed by atoms with Crippen molar-refractivity contribution >= 4 is 17.4 Å². The van der Waals surface area contributed by atoms with Gasteiger partial charge < -0.3 is 19.5 Å². The summed E-state index contributed by atoms with van der Waals surface area (Å²) in [7, 11) is 4.05. The third-order valence-electron chi connectivity index (χ3n) is 4.40. The number of hydrogen-bond acceptors (Lipinski definition) is 4. The van der Waals surface area contributed by atoms with Gasteiger partial charge in [-0.3, -0.25) is 0 Å². The second kappa shape index (κ2) is 9.39. The molecule has 2 aromatic heterocycles. The Labute approximate surface area is 164 Å². The van der Waals surface area contributed by atoms with E-state index in [1.807, 2.05) is 61.9 Å². The van der Waals surface area contributed by atoms with Crippen LogP contribution in [0.3, 0.4) is 0 Å². The Morgan fingerprint density at radius 2 is 1.89 bits per heavy atom. The van der Waals surface area contributed by atoms with Gasteiger partial charge in [-0.15, -0.1) is 11.3 Å². The van der Waals surface area contributed by atoms with Crippen LogP contribution < -0.4 is 5.32 Å². The van der Waals surface area contributed by atoms with E-state index in [0.29, 0.717) is 19.6 Å². The maximum absolute atomic E-state index is 12.9. The van der Waals surface area contributed by atoms with E-state index in [1.165, 1.54) is 5.56 Å². The molecule has 2 amide bonds. The van der Waals surface area contributed by atoms with Crippen molar-refractivity contribution in [2.24, 2.45) is 0 Å². The van der Waals surface area contributed by atoms with E-state index in [-0.39, 0.29) is 12.1 Å². The molecule has 1 aromatic carbocycles. The smallest absolute Gasteiger partial charge is 0.318 e. The van der Waals surface area contributed by atoms with E-state index in [1.54, 1.807) is 22.5 Å². The minimum Gasteiger partial charge on any atom is -0.467 e. The van der Waals surface area contributed by atoms with E-state index in [0.717, 1.165) is 10.6 Å². The summed E-state index contributed by atoms with van der Waals surface area (Å²) < 4.78 is 5.44. The highest BCUT2D eigenvalue weighted by Gasteiger charge is 2.19. The summed E-state index contributed by atoms with van der Waals surface area (Å²) in [5.41, 5.74) is 1.18. The lowest BCUT2D eigenvalue weighted by molar-refractivity contribution is 0.183. The lowest BCUT2D eigenvalue weighted by Crippen LogP contribution is -2.42. The number of nitrogens with one attached hydrogen (secondary N) is 1. The molecule has 1 atom stereocenters. The summed E-state index contributed by atoms with van der Waals surface area (Å²) >= 11 is 1.65. The Morgan fingerprint density at radius 1 is 1.07 bits per heavy atom. The van der Waals surface area contributed by atoms with Crippen LogP contribution >= 0.6 is 11.3 Å². The molecule has 142 valence electrons. The molecule has 0 aliphatic rings. The molecule has 0 saturated heterocycles. The van der Waals surface area contributed by atoms with Crippen molar-refractivity contribution in [1.29, 1.82) is 0 Å². The van der Waals surface area contributed by atoms with Gasteiger partial charge in [0, 0.05) is 11.4 Å². The normalized spacial score (nSPS) is 12.1. The Kier molecular flexibility index (Phi) is 6.68. The quantitative estimate of drug-likeness (QED) is 0.629. The van der Waals surface area contributed by atoms with Crippen LogP contribution in [0, 0.1) is 0 Å². The number of urea groups is 1. The first-order chi connectivity index (χ1) is 13.1. The fraction of sp³-hybridized carbons (Fsp3) is 0.286. The molecule has 0 spiro atoms. The van der Waals surface area contributed by atoms with Crippen LogP contribution in [0.25, 0.3) is 0 Å². The maximum atomic E-state index is 12.9. The number of hydrogen-bond donors (Lipinski definition) is 1. The highest BCUT2D eigenvalue weighted by molar-refractivity contribution is 7.09. The minimum absolute atomic E-state index is 0.0948. The van der Waals surface area contributed by atoms with Crippen LogP contribution in [-0.4, -0.2) is 36.5 Å². The Morgan fingerprint density at radius 3 is 2.52 bits per heavy atom. The number of likely N-dealkylation sites (N-methyl/N-ethyl adjacent to an activating group) is 1.